The van der Waals surface area contributed by atoms with Crippen molar-refractivity contribution in [3.05, 3.63) is 75.7 Å². The smallest absolute Gasteiger partial charge is 0.258 e. The Bertz CT molecular complexity index is 1010. The average Bonchev–Trinajstić information content (AvgIpc) is 3.26. The number of benzene rings is 1. The Labute approximate surface area is 176 Å². The van der Waals surface area contributed by atoms with Gasteiger partial charge in [0.05, 0.1) is 18.1 Å². The fraction of sp³-hybridized carbons (Fsp3) is 0.417. The lowest BCUT2D eigenvalue weighted by Gasteiger charge is -2.28. The predicted octanol–water partition coefficient (Wildman–Crippen LogP) is 2.35. The van der Waals surface area contributed by atoms with E-state index in [9.17, 15) is 14.7 Å². The zero-order valence-corrected chi connectivity index (χ0v) is 17.7. The van der Waals surface area contributed by atoms with Gasteiger partial charge in [-0.2, -0.15) is 0 Å². The number of allylic oxidation sites excluding steroid dienone is 1. The van der Waals surface area contributed by atoms with E-state index in [-0.39, 0.29) is 42.0 Å². The molecule has 1 aromatic carbocycles. The van der Waals surface area contributed by atoms with Gasteiger partial charge in [-0.3, -0.25) is 14.5 Å². The van der Waals surface area contributed by atoms with Crippen molar-refractivity contribution in [1.82, 2.24) is 14.8 Å². The van der Waals surface area contributed by atoms with E-state index in [4.69, 9.17) is 0 Å². The molecule has 0 aliphatic carbocycles. The van der Waals surface area contributed by atoms with E-state index in [1.807, 2.05) is 85.0 Å². The molecule has 1 saturated heterocycles. The van der Waals surface area contributed by atoms with Crippen molar-refractivity contribution in [1.29, 1.82) is 0 Å². The number of fused-ring (bicyclic) bond motifs is 3. The van der Waals surface area contributed by atoms with Crippen LogP contribution in [0.15, 0.2) is 53.3 Å². The fourth-order valence-electron chi connectivity index (χ4n) is 5.22. The molecule has 0 unspecified atom stereocenters. The molecular formula is C24H29N3O3. The first-order valence-corrected chi connectivity index (χ1v) is 10.5. The molecule has 1 fully saturated rings. The van der Waals surface area contributed by atoms with Crippen LogP contribution in [0.25, 0.3) is 6.08 Å². The Morgan fingerprint density at radius 2 is 2.00 bits per heavy atom. The highest BCUT2D eigenvalue weighted by Gasteiger charge is 2.54. The Morgan fingerprint density at radius 1 is 1.27 bits per heavy atom. The first-order chi connectivity index (χ1) is 14.5. The molecule has 0 saturated carbocycles. The van der Waals surface area contributed by atoms with Crippen LogP contribution in [0.4, 0.5) is 0 Å². The number of carbonyl (C=O) groups excluding carboxylic acids is 1. The molecule has 0 bridgehead atoms. The second kappa shape index (κ2) is 8.20. The number of hydrogen-bond donors (Lipinski definition) is 2. The highest BCUT2D eigenvalue weighted by atomic mass is 16.3. The van der Waals surface area contributed by atoms with Crippen molar-refractivity contribution < 1.29 is 9.90 Å². The number of amides is 1. The quantitative estimate of drug-likeness (QED) is 0.798. The van der Waals surface area contributed by atoms with Gasteiger partial charge in [0.2, 0.25) is 5.91 Å². The van der Waals surface area contributed by atoms with Crippen molar-refractivity contribution in [2.45, 2.75) is 38.5 Å². The summed E-state index contributed by atoms with van der Waals surface area (Å²) in [6.07, 6.45) is 3.68. The van der Waals surface area contributed by atoms with Crippen LogP contribution in [0.5, 0.6) is 0 Å². The van der Waals surface area contributed by atoms with Crippen LogP contribution in [0.2, 0.25) is 0 Å². The monoisotopic (exact) mass is 407 g/mol. The van der Waals surface area contributed by atoms with E-state index in [1.165, 1.54) is 0 Å². The second-order valence-corrected chi connectivity index (χ2v) is 8.34. The maximum Gasteiger partial charge on any atom is 0.258 e. The summed E-state index contributed by atoms with van der Waals surface area (Å²) in [7, 11) is 1.92. The Hall–Kier alpha value is -2.70. The van der Waals surface area contributed by atoms with Gasteiger partial charge in [0.1, 0.15) is 0 Å². The number of aliphatic hydroxyl groups is 1. The van der Waals surface area contributed by atoms with E-state index >= 15 is 0 Å². The minimum Gasteiger partial charge on any atom is -0.396 e. The van der Waals surface area contributed by atoms with Crippen molar-refractivity contribution in [2.24, 2.45) is 11.8 Å². The number of nitrogens with zero attached hydrogens (tertiary/aromatic N) is 2. The number of nitrogens with one attached hydrogen (secondary N) is 1. The molecular weight excluding hydrogens is 378 g/mol. The number of rotatable bonds is 5. The molecule has 2 aliphatic rings. The highest BCUT2D eigenvalue weighted by molar-refractivity contribution is 5.83. The third-order valence-corrected chi connectivity index (χ3v) is 6.66. The number of likely N-dealkylation sites (N-methyl/N-ethyl adjacent to an activating group) is 1. The number of likely N-dealkylation sites (tertiary alicyclic amines) is 1. The minimum absolute atomic E-state index is 0.0104. The third kappa shape index (κ3) is 3.30. The standard InChI is InChI=1S/C24H29N3O3/c1-4-8-17-11-12-20-21-18(13-27(20)24(17)30)19(14-28)22(26(21)3)23(29)25-15(2)16-9-6-5-7-10-16/h4-12,15,18-19,21-22,28H,13-14H2,1-3H3,(H,25,29)/b8-4-/t15-,18+,19+,21-,22+/m1/s1. The largest absolute Gasteiger partial charge is 0.396 e. The third-order valence-electron chi connectivity index (χ3n) is 6.66. The molecule has 6 nitrogen and oxygen atoms in total. The zero-order chi connectivity index (χ0) is 21.4. The summed E-state index contributed by atoms with van der Waals surface area (Å²) in [5.74, 6) is -0.287. The average molecular weight is 408 g/mol. The maximum absolute atomic E-state index is 13.2. The Morgan fingerprint density at radius 3 is 2.67 bits per heavy atom. The first-order valence-electron chi connectivity index (χ1n) is 10.5. The van der Waals surface area contributed by atoms with Gasteiger partial charge in [-0.05, 0) is 38.6 Å². The number of carbonyl (C=O) groups is 1. The van der Waals surface area contributed by atoms with E-state index in [2.05, 4.69) is 5.32 Å². The van der Waals surface area contributed by atoms with Crippen LogP contribution in [0.1, 0.15) is 42.8 Å². The summed E-state index contributed by atoms with van der Waals surface area (Å²) in [5.41, 5.74) is 2.62. The van der Waals surface area contributed by atoms with Crippen molar-refractivity contribution >= 4 is 12.0 Å². The van der Waals surface area contributed by atoms with Crippen LogP contribution in [-0.2, 0) is 11.3 Å². The molecule has 158 valence electrons. The van der Waals surface area contributed by atoms with E-state index in [0.29, 0.717) is 12.1 Å². The fourth-order valence-corrected chi connectivity index (χ4v) is 5.22. The summed E-state index contributed by atoms with van der Waals surface area (Å²) in [4.78, 5) is 28.1. The molecule has 30 heavy (non-hydrogen) atoms. The lowest BCUT2D eigenvalue weighted by molar-refractivity contribution is -0.127. The lowest BCUT2D eigenvalue weighted by atomic mass is 9.88. The van der Waals surface area contributed by atoms with Crippen LogP contribution >= 0.6 is 0 Å². The second-order valence-electron chi connectivity index (χ2n) is 8.34. The number of pyridine rings is 1. The Kier molecular flexibility index (Phi) is 5.62. The van der Waals surface area contributed by atoms with Crippen molar-refractivity contribution in [3.8, 4) is 0 Å². The van der Waals surface area contributed by atoms with E-state index in [1.54, 1.807) is 0 Å². The molecule has 4 rings (SSSR count). The topological polar surface area (TPSA) is 74.6 Å². The summed E-state index contributed by atoms with van der Waals surface area (Å²) >= 11 is 0. The number of hydrogen-bond acceptors (Lipinski definition) is 4. The molecule has 6 heteroatoms. The van der Waals surface area contributed by atoms with Gasteiger partial charge < -0.3 is 15.0 Å². The Balaban J connectivity index is 1.60. The van der Waals surface area contributed by atoms with Gasteiger partial charge in [0, 0.05) is 36.2 Å². The van der Waals surface area contributed by atoms with Crippen LogP contribution in [-0.4, -0.2) is 40.2 Å². The van der Waals surface area contributed by atoms with Gasteiger partial charge >= 0.3 is 0 Å². The summed E-state index contributed by atoms with van der Waals surface area (Å²) in [5, 5.41) is 13.3. The first kappa shape index (κ1) is 20.6. The van der Waals surface area contributed by atoms with Crippen molar-refractivity contribution in [2.75, 3.05) is 13.7 Å². The predicted molar refractivity (Wildman–Crippen MR) is 117 cm³/mol. The number of aromatic nitrogens is 1. The van der Waals surface area contributed by atoms with E-state index in [0.717, 1.165) is 11.3 Å². The molecule has 2 aliphatic heterocycles. The van der Waals surface area contributed by atoms with Gasteiger partial charge in [-0.15, -0.1) is 0 Å². The normalized spacial score (nSPS) is 26.5. The van der Waals surface area contributed by atoms with Gasteiger partial charge in [0.15, 0.2) is 0 Å². The summed E-state index contributed by atoms with van der Waals surface area (Å²) < 4.78 is 1.81. The minimum atomic E-state index is -0.435. The lowest BCUT2D eigenvalue weighted by Crippen LogP contribution is -2.47. The molecule has 1 aromatic heterocycles. The summed E-state index contributed by atoms with van der Waals surface area (Å²) in [6.45, 7) is 4.29. The highest BCUT2D eigenvalue weighted by Crippen LogP contribution is 2.48. The number of aliphatic hydroxyl groups excluding tert-OH is 1. The SMILES string of the molecule is C/C=C\c1ccc2n(c1=O)C[C@H]1[C@H](CO)[C@@H](C(=O)N[C@H](C)c3ccccc3)N(C)[C@@H]21. The molecule has 2 N–H and O–H groups in total. The van der Waals surface area contributed by atoms with Crippen molar-refractivity contribution in [3.63, 3.8) is 0 Å². The molecule has 2 aromatic rings. The van der Waals surface area contributed by atoms with Gasteiger partial charge in [-0.25, -0.2) is 0 Å². The molecule has 0 radical (unpaired) electrons. The zero-order valence-electron chi connectivity index (χ0n) is 17.7. The van der Waals surface area contributed by atoms with Crippen LogP contribution in [0, 0.1) is 11.8 Å². The molecule has 0 spiro atoms. The van der Waals surface area contributed by atoms with Gasteiger partial charge in [0.25, 0.3) is 5.56 Å². The molecule has 3 heterocycles. The van der Waals surface area contributed by atoms with E-state index < -0.39 is 6.04 Å². The van der Waals surface area contributed by atoms with Gasteiger partial charge in [-0.1, -0.05) is 42.5 Å². The summed E-state index contributed by atoms with van der Waals surface area (Å²) in [6, 6.07) is 13.1. The van der Waals surface area contributed by atoms with Crippen LogP contribution < -0.4 is 10.9 Å². The van der Waals surface area contributed by atoms with Crippen LogP contribution in [0.3, 0.4) is 0 Å². The maximum atomic E-state index is 13.2. The molecule has 5 atom stereocenters. The molecule has 1 amide bonds.